The topological polar surface area (TPSA) is 66.0 Å². The minimum absolute atomic E-state index is 0. The molecular weight excluding hydrogens is 467 g/mol. The second-order valence-electron chi connectivity index (χ2n) is 7.91. The van der Waals surface area contributed by atoms with E-state index in [1.807, 2.05) is 14.0 Å². The van der Waals surface area contributed by atoms with Crippen molar-refractivity contribution in [3.05, 3.63) is 0 Å². The van der Waals surface area contributed by atoms with Crippen LogP contribution in [0.2, 0.25) is 0 Å². The molecule has 7 heteroatoms. The predicted octanol–water partition coefficient (Wildman–Crippen LogP) is 3.55. The normalized spacial score (nSPS) is 23.6. The third kappa shape index (κ3) is 9.76. The molecule has 2 aliphatic rings. The zero-order valence-corrected chi connectivity index (χ0v) is 20.2. The lowest BCUT2D eigenvalue weighted by Crippen LogP contribution is -2.45. The van der Waals surface area contributed by atoms with Crippen molar-refractivity contribution < 1.29 is 9.53 Å². The number of guanidine groups is 1. The number of halogens is 1. The Bertz CT molecular complexity index is 448. The number of carbonyl (C=O) groups is 1. The average molecular weight is 508 g/mol. The van der Waals surface area contributed by atoms with Gasteiger partial charge in [-0.3, -0.25) is 9.79 Å². The van der Waals surface area contributed by atoms with Gasteiger partial charge in [0.2, 0.25) is 0 Å². The summed E-state index contributed by atoms with van der Waals surface area (Å²) in [4.78, 5) is 18.8. The fourth-order valence-corrected chi connectivity index (χ4v) is 4.15. The lowest BCUT2D eigenvalue weighted by atomic mass is 9.86. The smallest absolute Gasteiger partial charge is 0.308 e. The molecule has 0 atom stereocenters. The summed E-state index contributed by atoms with van der Waals surface area (Å²) < 4.78 is 5.14. The molecule has 2 N–H and O–H groups in total. The fourth-order valence-electron chi connectivity index (χ4n) is 4.15. The van der Waals surface area contributed by atoms with E-state index in [0.717, 1.165) is 38.2 Å². The number of carbonyl (C=O) groups excluding carboxylic acids is 1. The summed E-state index contributed by atoms with van der Waals surface area (Å²) in [5.41, 5.74) is 0. The molecule has 6 nitrogen and oxygen atoms in total. The van der Waals surface area contributed by atoms with Gasteiger partial charge in [0, 0.05) is 19.6 Å². The minimum atomic E-state index is -0.0250. The number of piperidine rings is 1. The largest absolute Gasteiger partial charge is 0.466 e. The van der Waals surface area contributed by atoms with Gasteiger partial charge < -0.3 is 20.3 Å². The number of ether oxygens (including phenoxy) is 1. The first kappa shape index (κ1) is 25.5. The van der Waals surface area contributed by atoms with Crippen molar-refractivity contribution >= 4 is 35.9 Å². The van der Waals surface area contributed by atoms with Crippen LogP contribution in [0.4, 0.5) is 0 Å². The number of nitrogens with one attached hydrogen (secondary N) is 2. The molecule has 2 fully saturated rings. The molecule has 2 rings (SSSR count). The summed E-state index contributed by atoms with van der Waals surface area (Å²) >= 11 is 0. The van der Waals surface area contributed by atoms with Crippen LogP contribution in [0.5, 0.6) is 0 Å². The van der Waals surface area contributed by atoms with Crippen molar-refractivity contribution in [2.24, 2.45) is 10.9 Å². The Hall–Kier alpha value is -0.570. The Labute approximate surface area is 188 Å². The number of likely N-dealkylation sites (tertiary alicyclic amines) is 1. The third-order valence-corrected chi connectivity index (χ3v) is 5.80. The van der Waals surface area contributed by atoms with Gasteiger partial charge in [-0.2, -0.15) is 0 Å². The molecule has 0 spiro atoms. The van der Waals surface area contributed by atoms with E-state index in [0.29, 0.717) is 12.6 Å². The van der Waals surface area contributed by atoms with Gasteiger partial charge in [-0.15, -0.1) is 24.0 Å². The monoisotopic (exact) mass is 508 g/mol. The molecule has 0 radical (unpaired) electrons. The summed E-state index contributed by atoms with van der Waals surface area (Å²) in [6.07, 6.45) is 11.7. The van der Waals surface area contributed by atoms with E-state index in [-0.39, 0.29) is 35.9 Å². The number of aliphatic imine (C=N–C) groups is 1. The average Bonchev–Trinajstić information content (AvgIpc) is 2.71. The molecule has 1 saturated heterocycles. The molecule has 0 aromatic carbocycles. The number of nitrogens with zero attached hydrogens (tertiary/aromatic N) is 2. The molecule has 0 bridgehead atoms. The lowest BCUT2D eigenvalue weighted by Gasteiger charge is -2.29. The molecule has 0 amide bonds. The number of hydrogen-bond donors (Lipinski definition) is 2. The quantitative estimate of drug-likeness (QED) is 0.164. The Balaban J connectivity index is 0.00000392. The molecule has 28 heavy (non-hydrogen) atoms. The first-order valence-electron chi connectivity index (χ1n) is 11.1. The first-order valence-corrected chi connectivity index (χ1v) is 11.1. The van der Waals surface area contributed by atoms with E-state index < -0.39 is 0 Å². The first-order chi connectivity index (χ1) is 13.2. The van der Waals surface area contributed by atoms with E-state index in [9.17, 15) is 4.79 Å². The zero-order valence-electron chi connectivity index (χ0n) is 17.9. The molecule has 0 aromatic heterocycles. The molecular formula is C21H41IN4O2. The van der Waals surface area contributed by atoms with Crippen LogP contribution in [0, 0.1) is 5.92 Å². The van der Waals surface area contributed by atoms with Crippen molar-refractivity contribution in [2.75, 3.05) is 39.8 Å². The van der Waals surface area contributed by atoms with Crippen LogP contribution in [0.15, 0.2) is 4.99 Å². The SMILES string of the molecule is CCOC(=O)C1CCC(NC(=NC)NCCCCCN2CCCCC2)CC1.I. The van der Waals surface area contributed by atoms with E-state index in [1.165, 1.54) is 58.2 Å². The van der Waals surface area contributed by atoms with Gasteiger partial charge in [-0.25, -0.2) is 0 Å². The van der Waals surface area contributed by atoms with Gasteiger partial charge in [0.15, 0.2) is 5.96 Å². The van der Waals surface area contributed by atoms with Crippen molar-refractivity contribution in [2.45, 2.75) is 77.2 Å². The number of hydrogen-bond acceptors (Lipinski definition) is 4. The maximum absolute atomic E-state index is 11.8. The Kier molecular flexibility index (Phi) is 13.9. The van der Waals surface area contributed by atoms with Crippen LogP contribution in [-0.4, -0.2) is 62.7 Å². The summed E-state index contributed by atoms with van der Waals surface area (Å²) in [6.45, 7) is 7.18. The number of esters is 1. The van der Waals surface area contributed by atoms with Crippen LogP contribution in [0.3, 0.4) is 0 Å². The van der Waals surface area contributed by atoms with Crippen molar-refractivity contribution in [1.29, 1.82) is 0 Å². The summed E-state index contributed by atoms with van der Waals surface area (Å²) in [5.74, 6) is 0.950. The molecule has 0 aromatic rings. The predicted molar refractivity (Wildman–Crippen MR) is 126 cm³/mol. The molecule has 0 unspecified atom stereocenters. The maximum atomic E-state index is 11.8. The maximum Gasteiger partial charge on any atom is 0.308 e. The second-order valence-corrected chi connectivity index (χ2v) is 7.91. The van der Waals surface area contributed by atoms with Gasteiger partial charge in [0.05, 0.1) is 12.5 Å². The number of rotatable bonds is 9. The molecule has 1 aliphatic carbocycles. The van der Waals surface area contributed by atoms with E-state index in [2.05, 4.69) is 20.5 Å². The zero-order chi connectivity index (χ0) is 19.3. The highest BCUT2D eigenvalue weighted by atomic mass is 127. The van der Waals surface area contributed by atoms with Crippen LogP contribution >= 0.6 is 24.0 Å². The van der Waals surface area contributed by atoms with Crippen LogP contribution in [0.25, 0.3) is 0 Å². The Morgan fingerprint density at radius 1 is 1.07 bits per heavy atom. The standard InChI is InChI=1S/C21H40N4O2.HI/c1-3-27-20(26)18-10-12-19(13-11-18)24-21(22-2)23-14-6-4-7-15-25-16-8-5-9-17-25;/h18-19H,3-17H2,1-2H3,(H2,22,23,24);1H. The van der Waals surface area contributed by atoms with E-state index >= 15 is 0 Å². The highest BCUT2D eigenvalue weighted by molar-refractivity contribution is 14.0. The van der Waals surface area contributed by atoms with Gasteiger partial charge >= 0.3 is 5.97 Å². The molecule has 1 heterocycles. The number of unbranched alkanes of at least 4 members (excludes halogenated alkanes) is 2. The van der Waals surface area contributed by atoms with E-state index in [1.54, 1.807) is 0 Å². The minimum Gasteiger partial charge on any atom is -0.466 e. The highest BCUT2D eigenvalue weighted by Gasteiger charge is 2.27. The lowest BCUT2D eigenvalue weighted by molar-refractivity contribution is -0.149. The third-order valence-electron chi connectivity index (χ3n) is 5.80. The Morgan fingerprint density at radius 2 is 1.79 bits per heavy atom. The van der Waals surface area contributed by atoms with Gasteiger partial charge in [-0.1, -0.05) is 12.8 Å². The van der Waals surface area contributed by atoms with Crippen LogP contribution in [-0.2, 0) is 9.53 Å². The second kappa shape index (κ2) is 15.3. The van der Waals surface area contributed by atoms with Crippen molar-refractivity contribution in [1.82, 2.24) is 15.5 Å². The van der Waals surface area contributed by atoms with Crippen molar-refractivity contribution in [3.8, 4) is 0 Å². The van der Waals surface area contributed by atoms with Crippen LogP contribution in [0.1, 0.15) is 71.1 Å². The summed E-state index contributed by atoms with van der Waals surface area (Å²) in [5, 5.41) is 6.96. The van der Waals surface area contributed by atoms with E-state index in [4.69, 9.17) is 4.74 Å². The Morgan fingerprint density at radius 3 is 2.43 bits per heavy atom. The molecule has 1 aliphatic heterocycles. The van der Waals surface area contributed by atoms with Gasteiger partial charge in [0.25, 0.3) is 0 Å². The van der Waals surface area contributed by atoms with Gasteiger partial charge in [0.1, 0.15) is 0 Å². The van der Waals surface area contributed by atoms with Gasteiger partial charge in [-0.05, 0) is 77.9 Å². The summed E-state index contributed by atoms with van der Waals surface area (Å²) in [7, 11) is 1.83. The van der Waals surface area contributed by atoms with Crippen LogP contribution < -0.4 is 10.6 Å². The fraction of sp³-hybridized carbons (Fsp3) is 0.905. The molecule has 164 valence electrons. The highest BCUT2D eigenvalue weighted by Crippen LogP contribution is 2.25. The summed E-state index contributed by atoms with van der Waals surface area (Å²) in [6, 6.07) is 0.404. The molecule has 1 saturated carbocycles. The van der Waals surface area contributed by atoms with Crippen molar-refractivity contribution in [3.63, 3.8) is 0 Å².